The minimum absolute atomic E-state index is 0. The van der Waals surface area contributed by atoms with Gasteiger partial charge in [-0.2, -0.15) is 0 Å². The van der Waals surface area contributed by atoms with Crippen molar-refractivity contribution in [3.8, 4) is 53.0 Å². The van der Waals surface area contributed by atoms with Crippen LogP contribution in [0.1, 0.15) is 29.2 Å². The summed E-state index contributed by atoms with van der Waals surface area (Å²) < 4.78 is 18.2. The normalized spacial score (nSPS) is 9.23. The maximum absolute atomic E-state index is 8.64. The summed E-state index contributed by atoms with van der Waals surface area (Å²) in [6.45, 7) is 14.8. The van der Waals surface area contributed by atoms with E-state index in [-0.39, 0.29) is 111 Å². The molecule has 0 atom stereocenters. The van der Waals surface area contributed by atoms with Crippen molar-refractivity contribution in [1.82, 2.24) is 0 Å². The molecule has 330 valence electrons. The maximum atomic E-state index is 8.64. The van der Waals surface area contributed by atoms with Gasteiger partial charge in [-0.05, 0) is 112 Å². The van der Waals surface area contributed by atoms with Crippen LogP contribution in [-0.2, 0) is 29.5 Å². The van der Waals surface area contributed by atoms with Crippen molar-refractivity contribution >= 4 is 45.2 Å². The molecule has 6 aromatic carbocycles. The van der Waals surface area contributed by atoms with Crippen molar-refractivity contribution in [3.05, 3.63) is 195 Å². The Morgan fingerprint density at radius 1 is 0.554 bits per heavy atom. The van der Waals surface area contributed by atoms with Crippen LogP contribution < -0.4 is 122 Å². The van der Waals surface area contributed by atoms with Crippen molar-refractivity contribution in [3.63, 3.8) is 0 Å². The minimum atomic E-state index is -1.31. The molecule has 0 bridgehead atoms. The van der Waals surface area contributed by atoms with Gasteiger partial charge in [0.1, 0.15) is 53.2 Å². The van der Waals surface area contributed by atoms with Gasteiger partial charge in [0.25, 0.3) is 6.47 Å². The van der Waals surface area contributed by atoms with Crippen LogP contribution in [0.25, 0.3) is 0 Å². The third kappa shape index (κ3) is 35.1. The molecule has 0 unspecified atom stereocenters. The van der Waals surface area contributed by atoms with Crippen molar-refractivity contribution in [1.29, 1.82) is 0 Å². The second-order valence-electron chi connectivity index (χ2n) is 15.1. The number of rotatable bonds is 10. The fourth-order valence-electron chi connectivity index (χ4n) is 4.30. The number of ether oxygens (including phenoxy) is 3. The third-order valence-electron chi connectivity index (χ3n) is 7.49. The molecule has 6 aromatic rings. The Bertz CT molecular complexity index is 2250. The zero-order valence-corrected chi connectivity index (χ0v) is 49.6. The van der Waals surface area contributed by atoms with E-state index >= 15 is 0 Å². The summed E-state index contributed by atoms with van der Waals surface area (Å²) in [6.07, 6.45) is 10.4. The van der Waals surface area contributed by atoms with Crippen LogP contribution >= 0.6 is 22.6 Å². The topological polar surface area (TPSA) is 97.3 Å². The average Bonchev–Trinajstić information content (AvgIpc) is 3.32. The van der Waals surface area contributed by atoms with Crippen molar-refractivity contribution < 1.29 is 138 Å². The molecule has 0 aliphatic rings. The molecule has 0 saturated heterocycles. The number of terminal acetylenes is 2. The fourth-order valence-corrected chi connectivity index (χ4v) is 5.17. The second-order valence-corrected chi connectivity index (χ2v) is 25.8. The number of benzene rings is 6. The van der Waals surface area contributed by atoms with E-state index in [0.29, 0.717) is 19.8 Å². The number of aliphatic hydroxyl groups excluding tert-OH is 1. The van der Waals surface area contributed by atoms with Crippen LogP contribution in [0.3, 0.4) is 0 Å². The number of carbonyl (C=O) groups excluding carboxylic acids is 1. The molecule has 0 fully saturated rings. The Balaban J connectivity index is -0.000000792. The van der Waals surface area contributed by atoms with E-state index in [4.69, 9.17) is 42.2 Å². The van der Waals surface area contributed by atoms with Crippen LogP contribution in [0.15, 0.2) is 164 Å². The first-order valence-electron chi connectivity index (χ1n) is 19.8. The molecule has 0 aliphatic carbocycles. The van der Waals surface area contributed by atoms with E-state index in [1.807, 2.05) is 140 Å². The van der Waals surface area contributed by atoms with E-state index in [2.05, 4.69) is 114 Å². The summed E-state index contributed by atoms with van der Waals surface area (Å²) in [6, 6.07) is 54.0. The van der Waals surface area contributed by atoms with Crippen LogP contribution in [0, 0.1) is 39.3 Å². The number of carbonyl (C=O) groups is 1. The predicted molar refractivity (Wildman–Crippen MR) is 271 cm³/mol. The molecule has 1 N–H and O–H groups in total. The van der Waals surface area contributed by atoms with Crippen LogP contribution in [0.4, 0.5) is 0 Å². The van der Waals surface area contributed by atoms with Crippen LogP contribution in [0.5, 0.6) is 17.2 Å². The number of hydrogen-bond donors (Lipinski definition) is 1. The Morgan fingerprint density at radius 3 is 1.11 bits per heavy atom. The smallest absolute Gasteiger partial charge is 1.00 e. The molecular weight excluding hydrogens is 1010 g/mol. The predicted octanol–water partition coefficient (Wildman–Crippen LogP) is 5.27. The van der Waals surface area contributed by atoms with Crippen molar-refractivity contribution in [2.75, 3.05) is 7.11 Å². The first-order valence-corrected chi connectivity index (χ1v) is 27.9. The van der Waals surface area contributed by atoms with Crippen LogP contribution in [0.2, 0.25) is 39.3 Å². The van der Waals surface area contributed by atoms with Gasteiger partial charge >= 0.3 is 103 Å². The van der Waals surface area contributed by atoms with E-state index < -0.39 is 16.1 Å². The van der Waals surface area contributed by atoms with Crippen molar-refractivity contribution in [2.24, 2.45) is 0 Å². The minimum Gasteiger partial charge on any atom is -1.00 e. The van der Waals surface area contributed by atoms with Crippen LogP contribution in [-0.4, -0.2) is 34.8 Å². The summed E-state index contributed by atoms with van der Waals surface area (Å²) in [7, 11) is -1.41. The fraction of sp³-hybridized carbons (Fsp3) is 0.189. The summed E-state index contributed by atoms with van der Waals surface area (Å²) in [5.41, 5.74) is 11.6. The van der Waals surface area contributed by atoms with Gasteiger partial charge in [-0.3, -0.25) is 4.79 Å². The second kappa shape index (κ2) is 39.2. The molecular formula is C53H59IK2O7Si2. The Hall–Kier alpha value is -2.77. The number of aliphatic hydroxyl groups is 1. The molecule has 0 aliphatic heterocycles. The monoisotopic (exact) mass is 1070 g/mol. The largest absolute Gasteiger partial charge is 1.00 e. The molecule has 6 rings (SSSR count). The molecule has 0 radical (unpaired) electrons. The summed E-state index contributed by atoms with van der Waals surface area (Å²) >= 11 is 2.28. The van der Waals surface area contributed by atoms with Crippen molar-refractivity contribution in [2.45, 2.75) is 59.1 Å². The van der Waals surface area contributed by atoms with Gasteiger partial charge in [0, 0.05) is 21.8 Å². The Labute approximate surface area is 490 Å². The Kier molecular flexibility index (Phi) is 38.8. The molecule has 0 amide bonds. The van der Waals surface area contributed by atoms with E-state index in [9.17, 15) is 0 Å². The van der Waals surface area contributed by atoms with Gasteiger partial charge in [0.2, 0.25) is 0 Å². The van der Waals surface area contributed by atoms with E-state index in [1.165, 1.54) is 14.7 Å². The SMILES string of the molecule is C#C[Si](C)(C)C.C#Cc1ccc(OCc2ccccc2)cc1.CO.C[Si](C)(C)C#Cc1ccc(OCc2ccccc2)cc1.Ic1ccc(OCc2ccccc2)cc1.O=CO[O-].[H-].[K+].[K+]. The average molecular weight is 1070 g/mol. The summed E-state index contributed by atoms with van der Waals surface area (Å²) in [4.78, 5) is 11.2. The maximum Gasteiger partial charge on any atom is 1.00 e. The van der Waals surface area contributed by atoms with Gasteiger partial charge in [-0.25, -0.2) is 0 Å². The zero-order chi connectivity index (χ0) is 46.8. The van der Waals surface area contributed by atoms with Gasteiger partial charge in [-0.15, -0.1) is 23.9 Å². The third-order valence-corrected chi connectivity index (χ3v) is 9.95. The van der Waals surface area contributed by atoms with Gasteiger partial charge in [0.05, 0.1) is 0 Å². The molecule has 65 heavy (non-hydrogen) atoms. The van der Waals surface area contributed by atoms with Gasteiger partial charge < -0.3 is 30.9 Å². The molecule has 0 spiro atoms. The summed E-state index contributed by atoms with van der Waals surface area (Å²) in [5, 5.41) is 15.4. The first-order chi connectivity index (χ1) is 30.2. The standard InChI is InChI=1S/C18H20OSi.C15H12O.C13H11IO.C5H10Si.CH2O3.CH4O.2K.H/c1-20(2,3)14-13-16-9-11-18(12-10-16)19-15-17-7-5-4-6-8-17;1-2-13-8-10-15(11-9-13)16-12-14-6-4-3-5-7-14;14-12-6-8-13(9-7-12)15-10-11-4-2-1-3-5-11;1-5-6(2,3)4;2-1-4-3;1-2;;;/h4-12H,15H2,1-3H3;1,3-11H,12H2;1-9H,10H2;1H,2-4H3;1,3H;2H,1H3;;;/q;;;;;;2*+1;-1/p-1. The first kappa shape index (κ1) is 64.3. The molecule has 7 nitrogen and oxygen atoms in total. The Morgan fingerprint density at radius 2 is 0.846 bits per heavy atom. The van der Waals surface area contributed by atoms with Gasteiger partial charge in [0.15, 0.2) is 0 Å². The van der Waals surface area contributed by atoms with Gasteiger partial charge in [-0.1, -0.05) is 142 Å². The molecule has 0 heterocycles. The van der Waals surface area contributed by atoms with E-state index in [1.54, 1.807) is 0 Å². The summed E-state index contributed by atoms with van der Waals surface area (Å²) in [5.74, 6) is 8.45. The number of halogens is 1. The molecule has 0 aromatic heterocycles. The quantitative estimate of drug-likeness (QED) is 0.0499. The molecule has 12 heteroatoms. The van der Waals surface area contributed by atoms with E-state index in [0.717, 1.165) is 41.0 Å². The number of hydrogen-bond acceptors (Lipinski definition) is 7. The zero-order valence-electron chi connectivity index (χ0n) is 40.2. The molecule has 0 saturated carbocycles.